The van der Waals surface area contributed by atoms with Gasteiger partial charge in [-0.15, -0.1) is 0 Å². The van der Waals surface area contributed by atoms with Gasteiger partial charge < -0.3 is 5.41 Å². The highest BCUT2D eigenvalue weighted by Crippen LogP contribution is 2.24. The monoisotopic (exact) mass is 151 g/mol. The molecule has 1 rings (SSSR count). The third-order valence-electron chi connectivity index (χ3n) is 2.17. The Morgan fingerprint density at radius 2 is 2.09 bits per heavy atom. The molecule has 0 atom stereocenters. The Kier molecular flexibility index (Phi) is 2.58. The summed E-state index contributed by atoms with van der Waals surface area (Å²) in [5, 5.41) is 6.83. The molecule has 0 heterocycles. The maximum absolute atomic E-state index is 11.1. The molecule has 1 aliphatic carbocycles. The molecule has 11 heavy (non-hydrogen) atoms. The predicted octanol–water partition coefficient (Wildman–Crippen LogP) is 2.10. The fraction of sp³-hybridized carbons (Fsp3) is 0.556. The maximum Gasteiger partial charge on any atom is 0.199 e. The van der Waals surface area contributed by atoms with Gasteiger partial charge in [0.05, 0.1) is 6.21 Å². The second-order valence-corrected chi connectivity index (χ2v) is 2.97. The zero-order valence-electron chi connectivity index (χ0n) is 6.81. The second-order valence-electron chi connectivity index (χ2n) is 2.97. The highest BCUT2D eigenvalue weighted by atomic mass is 16.1. The van der Waals surface area contributed by atoms with Crippen LogP contribution >= 0.6 is 0 Å². The molecule has 0 unspecified atom stereocenters. The average molecular weight is 151 g/mol. The van der Waals surface area contributed by atoms with Gasteiger partial charge in [0.1, 0.15) is 0 Å². The van der Waals surface area contributed by atoms with E-state index in [-0.39, 0.29) is 5.78 Å². The molecule has 0 spiro atoms. The normalized spacial score (nSPS) is 18.3. The van der Waals surface area contributed by atoms with Gasteiger partial charge in [-0.1, -0.05) is 5.57 Å². The summed E-state index contributed by atoms with van der Waals surface area (Å²) >= 11 is 0. The molecule has 0 bridgehead atoms. The molecule has 0 aromatic rings. The number of allylic oxidation sites excluding steroid dienone is 2. The van der Waals surface area contributed by atoms with Crippen LogP contribution in [0.1, 0.15) is 32.6 Å². The average Bonchev–Trinajstić information content (AvgIpc) is 2.04. The van der Waals surface area contributed by atoms with Gasteiger partial charge in [-0.3, -0.25) is 4.79 Å². The van der Waals surface area contributed by atoms with Gasteiger partial charge in [0.2, 0.25) is 0 Å². The number of carbonyl (C=O) groups excluding carboxylic acids is 1. The van der Waals surface area contributed by atoms with Crippen LogP contribution in [0.4, 0.5) is 0 Å². The number of nitrogens with one attached hydrogen (secondary N) is 1. The van der Waals surface area contributed by atoms with Crippen LogP contribution in [0.2, 0.25) is 0 Å². The van der Waals surface area contributed by atoms with Crippen molar-refractivity contribution in [2.24, 2.45) is 0 Å². The van der Waals surface area contributed by atoms with E-state index in [9.17, 15) is 4.79 Å². The molecule has 0 fully saturated rings. The van der Waals surface area contributed by atoms with Crippen molar-refractivity contribution in [1.29, 1.82) is 5.41 Å². The van der Waals surface area contributed by atoms with Crippen molar-refractivity contribution in [2.45, 2.75) is 32.6 Å². The van der Waals surface area contributed by atoms with Crippen molar-refractivity contribution in [2.75, 3.05) is 0 Å². The zero-order chi connectivity index (χ0) is 8.27. The Morgan fingerprint density at radius 3 is 2.64 bits per heavy atom. The largest absolute Gasteiger partial charge is 0.305 e. The minimum absolute atomic E-state index is 0.0952. The molecule has 0 saturated heterocycles. The summed E-state index contributed by atoms with van der Waals surface area (Å²) in [4.78, 5) is 11.1. The molecule has 1 N–H and O–H groups in total. The number of hydrogen-bond donors (Lipinski definition) is 1. The van der Waals surface area contributed by atoms with Crippen LogP contribution in [0, 0.1) is 5.41 Å². The zero-order valence-corrected chi connectivity index (χ0v) is 6.81. The fourth-order valence-electron chi connectivity index (χ4n) is 1.48. The van der Waals surface area contributed by atoms with Crippen LogP contribution < -0.4 is 0 Å². The molecule has 0 radical (unpaired) electrons. The van der Waals surface area contributed by atoms with Crippen LogP contribution in [0.15, 0.2) is 11.1 Å². The summed E-state index contributed by atoms with van der Waals surface area (Å²) in [6.45, 7) is 2.00. The smallest absolute Gasteiger partial charge is 0.199 e. The fourth-order valence-corrected chi connectivity index (χ4v) is 1.48. The van der Waals surface area contributed by atoms with Crippen LogP contribution in [-0.4, -0.2) is 12.0 Å². The molecule has 0 aromatic carbocycles. The van der Waals surface area contributed by atoms with Crippen molar-refractivity contribution in [3.05, 3.63) is 11.1 Å². The van der Waals surface area contributed by atoms with Crippen LogP contribution in [-0.2, 0) is 4.79 Å². The first-order valence-corrected chi connectivity index (χ1v) is 3.99. The number of rotatable bonds is 2. The number of ketones is 1. The van der Waals surface area contributed by atoms with Crippen molar-refractivity contribution >= 4 is 12.0 Å². The topological polar surface area (TPSA) is 40.9 Å². The lowest BCUT2D eigenvalue weighted by molar-refractivity contribution is -0.109. The molecular formula is C9H13NO. The van der Waals surface area contributed by atoms with Gasteiger partial charge in [0.15, 0.2) is 5.78 Å². The predicted molar refractivity (Wildman–Crippen MR) is 45.0 cm³/mol. The van der Waals surface area contributed by atoms with Crippen molar-refractivity contribution in [3.8, 4) is 0 Å². The first-order valence-electron chi connectivity index (χ1n) is 3.99. The van der Waals surface area contributed by atoms with Crippen molar-refractivity contribution < 1.29 is 4.79 Å². The van der Waals surface area contributed by atoms with Crippen LogP contribution in [0.3, 0.4) is 0 Å². The lowest BCUT2D eigenvalue weighted by Crippen LogP contribution is -2.09. The van der Waals surface area contributed by atoms with E-state index in [0.717, 1.165) is 31.1 Å². The Labute approximate surface area is 66.8 Å². The maximum atomic E-state index is 11.1. The molecule has 0 aliphatic heterocycles. The minimum atomic E-state index is -0.0952. The van der Waals surface area contributed by atoms with Gasteiger partial charge >= 0.3 is 0 Å². The molecule has 0 saturated carbocycles. The van der Waals surface area contributed by atoms with E-state index in [1.54, 1.807) is 0 Å². The van der Waals surface area contributed by atoms with Gasteiger partial charge in [0.25, 0.3) is 0 Å². The van der Waals surface area contributed by atoms with E-state index in [0.29, 0.717) is 0 Å². The Bertz CT molecular complexity index is 216. The molecule has 2 nitrogen and oxygen atoms in total. The number of Topliss-reactive ketones (excluding diaryl/α,β-unsaturated/α-hetero) is 1. The summed E-state index contributed by atoms with van der Waals surface area (Å²) in [6, 6.07) is 0. The van der Waals surface area contributed by atoms with Gasteiger partial charge in [-0.05, 0) is 38.2 Å². The highest BCUT2D eigenvalue weighted by molar-refractivity contribution is 6.34. The summed E-state index contributed by atoms with van der Waals surface area (Å²) in [5.74, 6) is -0.0952. The SMILES string of the molecule is CC1=C(C(=O)C=N)CCCC1. The van der Waals surface area contributed by atoms with Gasteiger partial charge in [-0.25, -0.2) is 0 Å². The summed E-state index contributed by atoms with van der Waals surface area (Å²) in [7, 11) is 0. The second kappa shape index (κ2) is 3.46. The summed E-state index contributed by atoms with van der Waals surface area (Å²) in [5.41, 5.74) is 2.07. The van der Waals surface area contributed by atoms with E-state index >= 15 is 0 Å². The lowest BCUT2D eigenvalue weighted by atomic mass is 9.90. The van der Waals surface area contributed by atoms with Crippen molar-refractivity contribution in [3.63, 3.8) is 0 Å². The first-order chi connectivity index (χ1) is 5.25. The summed E-state index contributed by atoms with van der Waals surface area (Å²) < 4.78 is 0. The Balaban J connectivity index is 2.81. The third-order valence-corrected chi connectivity index (χ3v) is 2.17. The number of carbonyl (C=O) groups is 1. The van der Waals surface area contributed by atoms with E-state index in [4.69, 9.17) is 5.41 Å². The van der Waals surface area contributed by atoms with Crippen LogP contribution in [0.5, 0.6) is 0 Å². The quantitative estimate of drug-likeness (QED) is 0.603. The molecule has 60 valence electrons. The minimum Gasteiger partial charge on any atom is -0.305 e. The first kappa shape index (κ1) is 8.18. The lowest BCUT2D eigenvalue weighted by Gasteiger charge is -2.14. The molecule has 2 heteroatoms. The van der Waals surface area contributed by atoms with E-state index < -0.39 is 0 Å². The Morgan fingerprint density at radius 1 is 1.45 bits per heavy atom. The van der Waals surface area contributed by atoms with Gasteiger partial charge in [0, 0.05) is 0 Å². The van der Waals surface area contributed by atoms with E-state index in [2.05, 4.69) is 0 Å². The van der Waals surface area contributed by atoms with E-state index in [1.165, 1.54) is 12.0 Å². The molecular weight excluding hydrogens is 138 g/mol. The Hall–Kier alpha value is -0.920. The molecule has 0 amide bonds. The van der Waals surface area contributed by atoms with Crippen molar-refractivity contribution in [1.82, 2.24) is 0 Å². The summed E-state index contributed by atoms with van der Waals surface area (Å²) in [6.07, 6.45) is 5.13. The highest BCUT2D eigenvalue weighted by Gasteiger charge is 2.13. The standard InChI is InChI=1S/C9H13NO/c1-7-4-2-3-5-8(7)9(11)6-10/h6,10H,2-5H2,1H3. The van der Waals surface area contributed by atoms with Crippen LogP contribution in [0.25, 0.3) is 0 Å². The van der Waals surface area contributed by atoms with E-state index in [1.807, 2.05) is 6.92 Å². The third kappa shape index (κ3) is 1.76. The number of hydrogen-bond acceptors (Lipinski definition) is 2. The van der Waals surface area contributed by atoms with Gasteiger partial charge in [-0.2, -0.15) is 0 Å². The molecule has 1 aliphatic rings. The molecule has 0 aromatic heterocycles.